The van der Waals surface area contributed by atoms with Crippen molar-refractivity contribution >= 4 is 34.7 Å². The van der Waals surface area contributed by atoms with Gasteiger partial charge in [0.25, 0.3) is 5.91 Å². The molecule has 1 fully saturated rings. The van der Waals surface area contributed by atoms with E-state index in [1.54, 1.807) is 0 Å². The Kier molecular flexibility index (Phi) is 9.95. The third kappa shape index (κ3) is 9.17. The van der Waals surface area contributed by atoms with E-state index < -0.39 is 0 Å². The summed E-state index contributed by atoms with van der Waals surface area (Å²) in [4.78, 5) is 27.2. The number of ketones is 1. The number of nitrogens with zero attached hydrogens (tertiary/aromatic N) is 1. The molecule has 2 aromatic carbocycles. The smallest absolute Gasteiger partial charge is 0.257 e. The van der Waals surface area contributed by atoms with Crippen LogP contribution in [-0.4, -0.2) is 54.6 Å². The molecular weight excluding hydrogens is 458 g/mol. The molecule has 0 atom stereocenters. The summed E-state index contributed by atoms with van der Waals surface area (Å²) in [5, 5.41) is 5.99. The molecule has 0 unspecified atom stereocenters. The lowest BCUT2D eigenvalue weighted by Crippen LogP contribution is -2.36. The van der Waals surface area contributed by atoms with Crippen molar-refractivity contribution in [3.8, 4) is 0 Å². The van der Waals surface area contributed by atoms with Crippen LogP contribution in [-0.2, 0) is 21.4 Å². The molecule has 1 heterocycles. The summed E-state index contributed by atoms with van der Waals surface area (Å²) < 4.78 is 5.36. The van der Waals surface area contributed by atoms with Crippen molar-refractivity contribution in [2.75, 3.05) is 38.2 Å². The zero-order valence-corrected chi connectivity index (χ0v) is 21.9. The number of benzene rings is 2. The van der Waals surface area contributed by atoms with Crippen LogP contribution >= 0.6 is 12.2 Å². The molecular formula is C28H37N3O3S. The molecule has 0 bridgehead atoms. The van der Waals surface area contributed by atoms with Crippen molar-refractivity contribution < 1.29 is 14.3 Å². The number of hydrogen-bond acceptors (Lipinski definition) is 5. The van der Waals surface area contributed by atoms with Crippen molar-refractivity contribution in [1.29, 1.82) is 0 Å². The van der Waals surface area contributed by atoms with Crippen LogP contribution < -0.4 is 10.6 Å². The first-order chi connectivity index (χ1) is 16.7. The molecule has 2 N–H and O–H groups in total. The maximum atomic E-state index is 12.5. The number of carbonyl (C=O) groups is 2. The molecule has 35 heavy (non-hydrogen) atoms. The Morgan fingerprint density at radius 1 is 0.971 bits per heavy atom. The van der Waals surface area contributed by atoms with Gasteiger partial charge >= 0.3 is 0 Å². The summed E-state index contributed by atoms with van der Waals surface area (Å²) in [6.45, 7) is 11.1. The lowest BCUT2D eigenvalue weighted by atomic mass is 9.87. The van der Waals surface area contributed by atoms with Gasteiger partial charge in [-0.1, -0.05) is 45.0 Å². The van der Waals surface area contributed by atoms with Crippen molar-refractivity contribution in [1.82, 2.24) is 10.2 Å². The molecule has 0 aliphatic carbocycles. The van der Waals surface area contributed by atoms with E-state index >= 15 is 0 Å². The molecule has 6 nitrogen and oxygen atoms in total. The maximum Gasteiger partial charge on any atom is 0.257 e. The molecule has 0 aromatic heterocycles. The monoisotopic (exact) mass is 495 g/mol. The van der Waals surface area contributed by atoms with Crippen LogP contribution in [0.2, 0.25) is 0 Å². The number of anilines is 1. The predicted molar refractivity (Wildman–Crippen MR) is 145 cm³/mol. The van der Waals surface area contributed by atoms with E-state index in [4.69, 9.17) is 17.0 Å². The van der Waals surface area contributed by atoms with Crippen LogP contribution in [0.4, 0.5) is 5.69 Å². The standard InChI is InChI=1S/C28H37N3O3S/c1-28(2,3)23-11-9-22(10-12-23)26(33)30-27(35)29-24-13-7-21(8-14-24)20-25(32)6-4-5-15-31-16-18-34-19-17-31/h7-14H,4-6,15-20H2,1-3H3,(H2,29,30,33,35). The molecule has 1 amide bonds. The van der Waals surface area contributed by atoms with Gasteiger partial charge in [0, 0.05) is 37.2 Å². The molecule has 1 aliphatic rings. The predicted octanol–water partition coefficient (Wildman–Crippen LogP) is 4.73. The van der Waals surface area contributed by atoms with Crippen molar-refractivity contribution in [3.63, 3.8) is 0 Å². The van der Waals surface area contributed by atoms with Crippen LogP contribution in [0.1, 0.15) is 61.5 Å². The number of carbonyl (C=O) groups excluding carboxylic acids is 2. The molecule has 2 aromatic rings. The number of amides is 1. The van der Waals surface area contributed by atoms with Gasteiger partial charge in [-0.15, -0.1) is 0 Å². The Morgan fingerprint density at radius 2 is 1.63 bits per heavy atom. The summed E-state index contributed by atoms with van der Waals surface area (Å²) in [7, 11) is 0. The Bertz CT molecular complexity index is 992. The second-order valence-electron chi connectivity index (χ2n) is 10.1. The highest BCUT2D eigenvalue weighted by atomic mass is 32.1. The lowest BCUT2D eigenvalue weighted by molar-refractivity contribution is -0.118. The fourth-order valence-corrected chi connectivity index (χ4v) is 4.17. The highest BCUT2D eigenvalue weighted by Crippen LogP contribution is 2.22. The minimum Gasteiger partial charge on any atom is -0.379 e. The number of Topliss-reactive ketones (excluding diaryl/α,β-unsaturated/α-hetero) is 1. The topological polar surface area (TPSA) is 70.7 Å². The Hall–Kier alpha value is -2.61. The summed E-state index contributed by atoms with van der Waals surface area (Å²) >= 11 is 5.30. The van der Waals surface area contributed by atoms with E-state index in [1.807, 2.05) is 48.5 Å². The van der Waals surface area contributed by atoms with Crippen molar-refractivity contribution in [2.45, 2.75) is 51.9 Å². The number of ether oxygens (including phenoxy) is 1. The zero-order chi connectivity index (χ0) is 25.3. The van der Waals surface area contributed by atoms with E-state index in [2.05, 4.69) is 36.3 Å². The van der Waals surface area contributed by atoms with Crippen LogP contribution in [0.15, 0.2) is 48.5 Å². The van der Waals surface area contributed by atoms with Gasteiger partial charge in [0.15, 0.2) is 5.11 Å². The Balaban J connectivity index is 1.38. The van der Waals surface area contributed by atoms with Gasteiger partial charge in [-0.25, -0.2) is 0 Å². The van der Waals surface area contributed by atoms with E-state index in [9.17, 15) is 9.59 Å². The van der Waals surface area contributed by atoms with E-state index in [-0.39, 0.29) is 22.2 Å². The molecule has 3 rings (SSSR count). The zero-order valence-electron chi connectivity index (χ0n) is 21.1. The van der Waals surface area contributed by atoms with Crippen LogP contribution in [0.25, 0.3) is 0 Å². The van der Waals surface area contributed by atoms with Gasteiger partial charge in [0.05, 0.1) is 13.2 Å². The third-order valence-corrected chi connectivity index (χ3v) is 6.34. The first-order valence-electron chi connectivity index (χ1n) is 12.3. The van der Waals surface area contributed by atoms with E-state index in [0.717, 1.165) is 56.9 Å². The number of nitrogens with one attached hydrogen (secondary N) is 2. The van der Waals surface area contributed by atoms with Crippen LogP contribution in [0, 0.1) is 0 Å². The maximum absolute atomic E-state index is 12.5. The SMILES string of the molecule is CC(C)(C)c1ccc(C(=O)NC(=S)Nc2ccc(CC(=O)CCCCN3CCOCC3)cc2)cc1. The van der Waals surface area contributed by atoms with E-state index in [0.29, 0.717) is 18.4 Å². The highest BCUT2D eigenvalue weighted by Gasteiger charge is 2.15. The fraction of sp³-hybridized carbons (Fsp3) is 0.464. The quantitative estimate of drug-likeness (QED) is 0.387. The third-order valence-electron chi connectivity index (χ3n) is 6.14. The van der Waals surface area contributed by atoms with Crippen molar-refractivity contribution in [2.24, 2.45) is 0 Å². The minimum atomic E-state index is -0.251. The molecule has 7 heteroatoms. The minimum absolute atomic E-state index is 0.0334. The van der Waals surface area contributed by atoms with Gasteiger partial charge in [-0.3, -0.25) is 19.8 Å². The molecule has 0 saturated carbocycles. The summed E-state index contributed by atoms with van der Waals surface area (Å²) in [5.41, 5.74) is 3.50. The fourth-order valence-electron chi connectivity index (χ4n) is 3.96. The molecule has 0 spiro atoms. The number of hydrogen-bond donors (Lipinski definition) is 2. The largest absolute Gasteiger partial charge is 0.379 e. The number of rotatable bonds is 9. The Labute approximate surface area is 214 Å². The molecule has 1 saturated heterocycles. The summed E-state index contributed by atoms with van der Waals surface area (Å²) in [6, 6.07) is 15.1. The summed E-state index contributed by atoms with van der Waals surface area (Å²) in [6.07, 6.45) is 3.00. The summed E-state index contributed by atoms with van der Waals surface area (Å²) in [5.74, 6) is 0.00625. The van der Waals surface area contributed by atoms with Crippen LogP contribution in [0.3, 0.4) is 0 Å². The second-order valence-corrected chi connectivity index (χ2v) is 10.5. The lowest BCUT2D eigenvalue weighted by Gasteiger charge is -2.26. The van der Waals surface area contributed by atoms with Crippen molar-refractivity contribution in [3.05, 3.63) is 65.2 Å². The van der Waals surface area contributed by atoms with Gasteiger partial charge in [0.1, 0.15) is 5.78 Å². The molecule has 188 valence electrons. The number of unbranched alkanes of at least 4 members (excludes halogenated alkanes) is 1. The van der Waals surface area contributed by atoms with Crippen LogP contribution in [0.5, 0.6) is 0 Å². The average molecular weight is 496 g/mol. The second kappa shape index (κ2) is 12.9. The normalized spacial score (nSPS) is 14.4. The highest BCUT2D eigenvalue weighted by molar-refractivity contribution is 7.80. The Morgan fingerprint density at radius 3 is 2.26 bits per heavy atom. The number of morpholine rings is 1. The number of thiocarbonyl (C=S) groups is 1. The average Bonchev–Trinajstić information content (AvgIpc) is 2.83. The molecule has 0 radical (unpaired) electrons. The molecule has 1 aliphatic heterocycles. The first-order valence-corrected chi connectivity index (χ1v) is 12.8. The van der Waals surface area contributed by atoms with E-state index in [1.165, 1.54) is 5.56 Å². The van der Waals surface area contributed by atoms with Gasteiger partial charge in [-0.2, -0.15) is 0 Å². The van der Waals surface area contributed by atoms with Gasteiger partial charge in [0.2, 0.25) is 0 Å². The van der Waals surface area contributed by atoms with Gasteiger partial charge < -0.3 is 10.1 Å². The first kappa shape index (κ1) is 27.0. The van der Waals surface area contributed by atoms with Gasteiger partial charge in [-0.05, 0) is 72.4 Å².